The Bertz CT molecular complexity index is 841. The zero-order valence-electron chi connectivity index (χ0n) is 14.5. The van der Waals surface area contributed by atoms with Gasteiger partial charge in [-0.05, 0) is 30.3 Å². The highest BCUT2D eigenvalue weighted by Crippen LogP contribution is 2.21. The van der Waals surface area contributed by atoms with E-state index in [4.69, 9.17) is 4.74 Å². The van der Waals surface area contributed by atoms with Crippen molar-refractivity contribution in [2.75, 3.05) is 18.9 Å². The SMILES string of the molecule is CN(CCc1ccccn1)C(=O)Nc1ccnc(Oc2ccccc2)c1. The minimum atomic E-state index is -0.196. The Morgan fingerprint density at radius 3 is 2.62 bits per heavy atom. The minimum Gasteiger partial charge on any atom is -0.439 e. The van der Waals surface area contributed by atoms with Gasteiger partial charge in [0.25, 0.3) is 0 Å². The van der Waals surface area contributed by atoms with Crippen LogP contribution in [0.2, 0.25) is 0 Å². The van der Waals surface area contributed by atoms with Crippen LogP contribution < -0.4 is 10.1 Å². The summed E-state index contributed by atoms with van der Waals surface area (Å²) in [5, 5.41) is 2.85. The van der Waals surface area contributed by atoms with Crippen molar-refractivity contribution in [1.29, 1.82) is 0 Å². The third-order valence-electron chi connectivity index (χ3n) is 3.73. The van der Waals surface area contributed by atoms with E-state index >= 15 is 0 Å². The number of aromatic nitrogens is 2. The van der Waals surface area contributed by atoms with Crippen LogP contribution in [0.15, 0.2) is 73.1 Å². The Morgan fingerprint density at radius 2 is 1.85 bits per heavy atom. The van der Waals surface area contributed by atoms with Crippen LogP contribution in [0.5, 0.6) is 11.6 Å². The van der Waals surface area contributed by atoms with Gasteiger partial charge < -0.3 is 15.0 Å². The third kappa shape index (κ3) is 5.04. The topological polar surface area (TPSA) is 67.4 Å². The standard InChI is InChI=1S/C20H20N4O2/c1-24(14-11-16-7-5-6-12-21-16)20(25)23-17-10-13-22-19(15-17)26-18-8-3-2-4-9-18/h2-10,12-13,15H,11,14H2,1H3,(H,22,23,25). The predicted molar refractivity (Wildman–Crippen MR) is 100 cm³/mol. The molecule has 0 radical (unpaired) electrons. The summed E-state index contributed by atoms with van der Waals surface area (Å²) < 4.78 is 5.68. The van der Waals surface area contributed by atoms with E-state index in [1.165, 1.54) is 0 Å². The molecule has 0 atom stereocenters. The summed E-state index contributed by atoms with van der Waals surface area (Å²) in [7, 11) is 1.75. The molecule has 26 heavy (non-hydrogen) atoms. The number of amides is 2. The first-order chi connectivity index (χ1) is 12.7. The summed E-state index contributed by atoms with van der Waals surface area (Å²) in [6, 6.07) is 18.4. The van der Waals surface area contributed by atoms with Crippen LogP contribution in [0.3, 0.4) is 0 Å². The summed E-state index contributed by atoms with van der Waals surface area (Å²) in [5.74, 6) is 1.11. The number of nitrogens with one attached hydrogen (secondary N) is 1. The molecule has 0 bridgehead atoms. The highest BCUT2D eigenvalue weighted by Gasteiger charge is 2.10. The van der Waals surface area contributed by atoms with Crippen LogP contribution in [0.1, 0.15) is 5.69 Å². The fourth-order valence-corrected chi connectivity index (χ4v) is 2.30. The number of rotatable bonds is 6. The number of ether oxygens (including phenoxy) is 1. The summed E-state index contributed by atoms with van der Waals surface area (Å²) >= 11 is 0. The van der Waals surface area contributed by atoms with Crippen molar-refractivity contribution in [3.63, 3.8) is 0 Å². The van der Waals surface area contributed by atoms with Crippen molar-refractivity contribution in [3.05, 3.63) is 78.8 Å². The summed E-state index contributed by atoms with van der Waals surface area (Å²) in [6.45, 7) is 0.571. The monoisotopic (exact) mass is 348 g/mol. The van der Waals surface area contributed by atoms with Crippen LogP contribution in [-0.2, 0) is 6.42 Å². The molecule has 2 heterocycles. The molecular weight excluding hydrogens is 328 g/mol. The van der Waals surface area contributed by atoms with Crippen LogP contribution >= 0.6 is 0 Å². The molecule has 0 aliphatic heterocycles. The summed E-state index contributed by atoms with van der Waals surface area (Å²) in [5.41, 5.74) is 1.58. The van der Waals surface area contributed by atoms with Crippen molar-refractivity contribution >= 4 is 11.7 Å². The molecule has 2 aromatic heterocycles. The predicted octanol–water partition coefficient (Wildman–Crippen LogP) is 3.98. The lowest BCUT2D eigenvalue weighted by Gasteiger charge is -2.18. The second-order valence-electron chi connectivity index (χ2n) is 5.72. The number of benzene rings is 1. The van der Waals surface area contributed by atoms with E-state index in [0.717, 1.165) is 5.69 Å². The van der Waals surface area contributed by atoms with Gasteiger partial charge in [-0.1, -0.05) is 24.3 Å². The Labute approximate surface area is 152 Å². The molecule has 6 heteroatoms. The van der Waals surface area contributed by atoms with Gasteiger partial charge in [0.15, 0.2) is 0 Å². The zero-order valence-corrected chi connectivity index (χ0v) is 14.5. The molecular formula is C20H20N4O2. The molecule has 3 aromatic rings. The molecule has 1 N–H and O–H groups in total. The molecule has 2 amide bonds. The fraction of sp³-hybridized carbons (Fsp3) is 0.150. The number of hydrogen-bond acceptors (Lipinski definition) is 4. The van der Waals surface area contributed by atoms with Gasteiger partial charge in [0, 0.05) is 49.9 Å². The minimum absolute atomic E-state index is 0.196. The van der Waals surface area contributed by atoms with E-state index in [9.17, 15) is 4.79 Å². The quantitative estimate of drug-likeness (QED) is 0.732. The van der Waals surface area contributed by atoms with E-state index in [1.54, 1.807) is 36.5 Å². The van der Waals surface area contributed by atoms with Crippen molar-refractivity contribution in [2.24, 2.45) is 0 Å². The number of hydrogen-bond donors (Lipinski definition) is 1. The first kappa shape index (κ1) is 17.4. The second kappa shape index (κ2) is 8.62. The van der Waals surface area contributed by atoms with Crippen molar-refractivity contribution in [3.8, 4) is 11.6 Å². The van der Waals surface area contributed by atoms with Gasteiger partial charge in [-0.25, -0.2) is 9.78 Å². The van der Waals surface area contributed by atoms with Gasteiger partial charge in [0.05, 0.1) is 0 Å². The van der Waals surface area contributed by atoms with E-state index in [2.05, 4.69) is 15.3 Å². The second-order valence-corrected chi connectivity index (χ2v) is 5.72. The number of carbonyl (C=O) groups is 1. The first-order valence-corrected chi connectivity index (χ1v) is 8.32. The number of urea groups is 1. The Morgan fingerprint density at radius 1 is 1.04 bits per heavy atom. The lowest BCUT2D eigenvalue weighted by atomic mass is 10.2. The smallest absolute Gasteiger partial charge is 0.321 e. The molecule has 0 aliphatic rings. The van der Waals surface area contributed by atoms with Crippen molar-refractivity contribution < 1.29 is 9.53 Å². The normalized spacial score (nSPS) is 10.2. The lowest BCUT2D eigenvalue weighted by molar-refractivity contribution is 0.223. The fourth-order valence-electron chi connectivity index (χ4n) is 2.30. The number of nitrogens with zero attached hydrogens (tertiary/aromatic N) is 3. The van der Waals surface area contributed by atoms with Gasteiger partial charge in [-0.2, -0.15) is 0 Å². The number of pyridine rings is 2. The summed E-state index contributed by atoms with van der Waals surface area (Å²) in [6.07, 6.45) is 4.05. The van der Waals surface area contributed by atoms with Gasteiger partial charge in [0.2, 0.25) is 5.88 Å². The molecule has 0 saturated heterocycles. The Balaban J connectivity index is 1.56. The number of carbonyl (C=O) groups excluding carboxylic acids is 1. The van der Waals surface area contributed by atoms with E-state index in [-0.39, 0.29) is 6.03 Å². The molecule has 0 saturated carbocycles. The van der Waals surface area contributed by atoms with Crippen LogP contribution in [0.4, 0.5) is 10.5 Å². The van der Waals surface area contributed by atoms with Gasteiger partial charge >= 0.3 is 6.03 Å². The average molecular weight is 348 g/mol. The van der Waals surface area contributed by atoms with Crippen molar-refractivity contribution in [1.82, 2.24) is 14.9 Å². The Hall–Kier alpha value is -3.41. The zero-order chi connectivity index (χ0) is 18.2. The molecule has 0 unspecified atom stereocenters. The maximum absolute atomic E-state index is 12.3. The van der Waals surface area contributed by atoms with Crippen molar-refractivity contribution in [2.45, 2.75) is 6.42 Å². The van der Waals surface area contributed by atoms with Gasteiger partial charge in [-0.15, -0.1) is 0 Å². The maximum Gasteiger partial charge on any atom is 0.321 e. The summed E-state index contributed by atoms with van der Waals surface area (Å²) in [4.78, 5) is 22.4. The molecule has 0 fully saturated rings. The molecule has 1 aromatic carbocycles. The number of para-hydroxylation sites is 1. The van der Waals surface area contributed by atoms with E-state index in [0.29, 0.717) is 30.3 Å². The van der Waals surface area contributed by atoms with Crippen LogP contribution in [0.25, 0.3) is 0 Å². The third-order valence-corrected chi connectivity index (χ3v) is 3.73. The highest BCUT2D eigenvalue weighted by atomic mass is 16.5. The Kier molecular flexibility index (Phi) is 5.77. The molecule has 6 nitrogen and oxygen atoms in total. The van der Waals surface area contributed by atoms with Gasteiger partial charge in [-0.3, -0.25) is 4.98 Å². The molecule has 0 aliphatic carbocycles. The molecule has 0 spiro atoms. The average Bonchev–Trinajstić information content (AvgIpc) is 2.68. The largest absolute Gasteiger partial charge is 0.439 e. The van der Waals surface area contributed by atoms with E-state index < -0.39 is 0 Å². The maximum atomic E-state index is 12.3. The lowest BCUT2D eigenvalue weighted by Crippen LogP contribution is -2.33. The van der Waals surface area contributed by atoms with Crippen LogP contribution in [0, 0.1) is 0 Å². The molecule has 132 valence electrons. The highest BCUT2D eigenvalue weighted by molar-refractivity contribution is 5.89. The van der Waals surface area contributed by atoms with Crippen LogP contribution in [-0.4, -0.2) is 34.5 Å². The number of anilines is 1. The molecule has 3 rings (SSSR count). The van der Waals surface area contributed by atoms with E-state index in [1.807, 2.05) is 48.5 Å². The van der Waals surface area contributed by atoms with Gasteiger partial charge in [0.1, 0.15) is 5.75 Å². The number of likely N-dealkylation sites (N-methyl/N-ethyl adjacent to an activating group) is 1. The first-order valence-electron chi connectivity index (χ1n) is 8.32.